The standard InChI is InChI=1S/C21H14N2O5/c24-18(8-6-13-10-22-11-23-13)28-21(27)12-5-7-16-17(9-12)20(26)15-4-2-1-3-14(15)19(16)25/h1-5,7,9-11H,6,8H2,(H,22,23). The molecule has 1 heterocycles. The maximum atomic E-state index is 12.7. The molecule has 1 aliphatic carbocycles. The van der Waals surface area contributed by atoms with Gasteiger partial charge in [0, 0.05) is 34.1 Å². The van der Waals surface area contributed by atoms with Crippen LogP contribution in [0.25, 0.3) is 0 Å². The molecular weight excluding hydrogens is 360 g/mol. The summed E-state index contributed by atoms with van der Waals surface area (Å²) < 4.78 is 4.85. The molecule has 1 aliphatic rings. The number of benzene rings is 2. The van der Waals surface area contributed by atoms with E-state index in [1.165, 1.54) is 24.5 Å². The van der Waals surface area contributed by atoms with Gasteiger partial charge in [0.25, 0.3) is 0 Å². The van der Waals surface area contributed by atoms with Crippen LogP contribution in [0.4, 0.5) is 0 Å². The Balaban J connectivity index is 1.52. The number of aromatic amines is 1. The fourth-order valence-electron chi connectivity index (χ4n) is 3.10. The van der Waals surface area contributed by atoms with E-state index in [2.05, 4.69) is 9.97 Å². The molecule has 0 saturated heterocycles. The molecular formula is C21H14N2O5. The summed E-state index contributed by atoms with van der Waals surface area (Å²) >= 11 is 0. The molecule has 28 heavy (non-hydrogen) atoms. The number of ketones is 2. The van der Waals surface area contributed by atoms with Crippen molar-refractivity contribution >= 4 is 23.5 Å². The Labute approximate surface area is 159 Å². The number of esters is 2. The van der Waals surface area contributed by atoms with Gasteiger partial charge in [-0.05, 0) is 24.6 Å². The number of aryl methyl sites for hydroxylation is 1. The van der Waals surface area contributed by atoms with Crippen LogP contribution in [-0.2, 0) is 16.0 Å². The van der Waals surface area contributed by atoms with E-state index in [1.807, 2.05) is 0 Å². The van der Waals surface area contributed by atoms with Gasteiger partial charge in [0.1, 0.15) is 0 Å². The van der Waals surface area contributed by atoms with Gasteiger partial charge in [-0.2, -0.15) is 0 Å². The average Bonchev–Trinajstić information content (AvgIpc) is 3.24. The Morgan fingerprint density at radius 1 is 0.929 bits per heavy atom. The second-order valence-electron chi connectivity index (χ2n) is 6.30. The number of hydrogen-bond acceptors (Lipinski definition) is 6. The molecule has 0 saturated carbocycles. The zero-order chi connectivity index (χ0) is 19.7. The second kappa shape index (κ2) is 7.03. The first-order chi connectivity index (χ1) is 13.5. The number of nitrogens with zero attached hydrogens (tertiary/aromatic N) is 1. The van der Waals surface area contributed by atoms with Crippen LogP contribution in [0.2, 0.25) is 0 Å². The normalized spacial score (nSPS) is 12.3. The number of fused-ring (bicyclic) bond motifs is 2. The zero-order valence-electron chi connectivity index (χ0n) is 14.6. The van der Waals surface area contributed by atoms with Crippen LogP contribution in [0.15, 0.2) is 55.0 Å². The second-order valence-corrected chi connectivity index (χ2v) is 6.30. The predicted molar refractivity (Wildman–Crippen MR) is 97.1 cm³/mol. The van der Waals surface area contributed by atoms with Crippen LogP contribution >= 0.6 is 0 Å². The van der Waals surface area contributed by atoms with Gasteiger partial charge in [-0.3, -0.25) is 14.4 Å². The van der Waals surface area contributed by atoms with Gasteiger partial charge in [0.2, 0.25) is 0 Å². The summed E-state index contributed by atoms with van der Waals surface area (Å²) in [4.78, 5) is 56.2. The Morgan fingerprint density at radius 3 is 2.29 bits per heavy atom. The van der Waals surface area contributed by atoms with Crippen molar-refractivity contribution in [1.82, 2.24) is 9.97 Å². The Bertz CT molecular complexity index is 1120. The van der Waals surface area contributed by atoms with Crippen molar-refractivity contribution < 1.29 is 23.9 Å². The summed E-state index contributed by atoms with van der Waals surface area (Å²) in [5.74, 6) is -2.17. The summed E-state index contributed by atoms with van der Waals surface area (Å²) in [5.41, 5.74) is 1.77. The van der Waals surface area contributed by atoms with Gasteiger partial charge < -0.3 is 9.72 Å². The quantitative estimate of drug-likeness (QED) is 0.434. The van der Waals surface area contributed by atoms with E-state index >= 15 is 0 Å². The lowest BCUT2D eigenvalue weighted by molar-refractivity contribution is -0.137. The van der Waals surface area contributed by atoms with E-state index in [0.29, 0.717) is 17.5 Å². The number of rotatable bonds is 4. The average molecular weight is 374 g/mol. The molecule has 3 aromatic rings. The minimum absolute atomic E-state index is 0.00364. The highest BCUT2D eigenvalue weighted by atomic mass is 16.6. The zero-order valence-corrected chi connectivity index (χ0v) is 14.6. The van der Waals surface area contributed by atoms with Crippen molar-refractivity contribution in [3.63, 3.8) is 0 Å². The minimum atomic E-state index is -0.864. The minimum Gasteiger partial charge on any atom is -0.389 e. The smallest absolute Gasteiger partial charge is 0.345 e. The number of imidazole rings is 1. The molecule has 1 aromatic heterocycles. The molecule has 0 atom stereocenters. The first-order valence-corrected chi connectivity index (χ1v) is 8.59. The third kappa shape index (κ3) is 3.14. The van der Waals surface area contributed by atoms with E-state index in [9.17, 15) is 19.2 Å². The van der Waals surface area contributed by atoms with Crippen LogP contribution in [0.5, 0.6) is 0 Å². The van der Waals surface area contributed by atoms with Crippen molar-refractivity contribution in [2.45, 2.75) is 12.8 Å². The van der Waals surface area contributed by atoms with Crippen LogP contribution < -0.4 is 0 Å². The third-order valence-corrected chi connectivity index (χ3v) is 4.52. The molecule has 138 valence electrons. The third-order valence-electron chi connectivity index (χ3n) is 4.52. The molecule has 0 spiro atoms. The molecule has 0 unspecified atom stereocenters. The highest BCUT2D eigenvalue weighted by Crippen LogP contribution is 2.28. The topological polar surface area (TPSA) is 106 Å². The lowest BCUT2D eigenvalue weighted by Crippen LogP contribution is -2.22. The number of ether oxygens (including phenoxy) is 1. The molecule has 7 nitrogen and oxygen atoms in total. The summed E-state index contributed by atoms with van der Waals surface area (Å²) in [7, 11) is 0. The van der Waals surface area contributed by atoms with Crippen molar-refractivity contribution in [2.75, 3.05) is 0 Å². The fraction of sp³-hybridized carbons (Fsp3) is 0.0952. The van der Waals surface area contributed by atoms with Gasteiger partial charge in [0.05, 0.1) is 18.3 Å². The number of nitrogens with one attached hydrogen (secondary N) is 1. The summed E-state index contributed by atoms with van der Waals surface area (Å²) in [6.07, 6.45) is 3.44. The van der Waals surface area contributed by atoms with E-state index in [-0.39, 0.29) is 34.7 Å². The first-order valence-electron chi connectivity index (χ1n) is 8.59. The van der Waals surface area contributed by atoms with Gasteiger partial charge in [-0.15, -0.1) is 0 Å². The lowest BCUT2D eigenvalue weighted by atomic mass is 9.83. The Kier molecular flexibility index (Phi) is 4.41. The molecule has 4 rings (SSSR count). The molecule has 0 aliphatic heterocycles. The van der Waals surface area contributed by atoms with Crippen molar-refractivity contribution in [3.05, 3.63) is 88.5 Å². The molecule has 0 fully saturated rings. The monoisotopic (exact) mass is 374 g/mol. The lowest BCUT2D eigenvalue weighted by Gasteiger charge is -2.17. The molecule has 0 amide bonds. The Hall–Kier alpha value is -3.87. The number of carbonyl (C=O) groups excluding carboxylic acids is 4. The molecule has 0 bridgehead atoms. The largest absolute Gasteiger partial charge is 0.389 e. The van der Waals surface area contributed by atoms with E-state index in [4.69, 9.17) is 4.74 Å². The predicted octanol–water partition coefficient (Wildman–Crippen LogP) is 2.50. The summed E-state index contributed by atoms with van der Waals surface area (Å²) in [5, 5.41) is 0. The van der Waals surface area contributed by atoms with Crippen LogP contribution in [0, 0.1) is 0 Å². The summed E-state index contributed by atoms with van der Waals surface area (Å²) in [6, 6.07) is 10.6. The van der Waals surface area contributed by atoms with E-state index in [0.717, 1.165) is 5.69 Å². The number of hydrogen-bond donors (Lipinski definition) is 1. The van der Waals surface area contributed by atoms with E-state index in [1.54, 1.807) is 30.5 Å². The van der Waals surface area contributed by atoms with Crippen LogP contribution in [0.1, 0.15) is 54.3 Å². The fourth-order valence-corrected chi connectivity index (χ4v) is 3.10. The SMILES string of the molecule is O=C(CCc1cnc[nH]1)OC(=O)c1ccc2c(c1)C(=O)c1ccccc1C2=O. The van der Waals surface area contributed by atoms with Gasteiger partial charge in [-0.1, -0.05) is 24.3 Å². The van der Waals surface area contributed by atoms with Crippen molar-refractivity contribution in [1.29, 1.82) is 0 Å². The molecule has 0 radical (unpaired) electrons. The van der Waals surface area contributed by atoms with Crippen LogP contribution in [-0.4, -0.2) is 33.5 Å². The maximum Gasteiger partial charge on any atom is 0.345 e. The van der Waals surface area contributed by atoms with E-state index < -0.39 is 11.9 Å². The van der Waals surface area contributed by atoms with Gasteiger partial charge in [-0.25, -0.2) is 9.78 Å². The highest BCUT2D eigenvalue weighted by Gasteiger charge is 2.30. The number of aromatic nitrogens is 2. The summed E-state index contributed by atoms with van der Waals surface area (Å²) in [6.45, 7) is 0. The van der Waals surface area contributed by atoms with Crippen molar-refractivity contribution in [2.24, 2.45) is 0 Å². The number of carbonyl (C=O) groups is 4. The van der Waals surface area contributed by atoms with Gasteiger partial charge in [0.15, 0.2) is 11.6 Å². The molecule has 1 N–H and O–H groups in total. The van der Waals surface area contributed by atoms with Crippen LogP contribution in [0.3, 0.4) is 0 Å². The first kappa shape index (κ1) is 17.5. The number of H-pyrrole nitrogens is 1. The molecule has 7 heteroatoms. The molecule has 2 aromatic carbocycles. The van der Waals surface area contributed by atoms with Gasteiger partial charge >= 0.3 is 11.9 Å². The maximum absolute atomic E-state index is 12.7. The highest BCUT2D eigenvalue weighted by molar-refractivity contribution is 6.28. The van der Waals surface area contributed by atoms with Crippen molar-refractivity contribution in [3.8, 4) is 0 Å². The Morgan fingerprint density at radius 2 is 1.61 bits per heavy atom.